The minimum absolute atomic E-state index is 0.0472. The number of halogens is 4. The lowest BCUT2D eigenvalue weighted by molar-refractivity contribution is -0.138. The second kappa shape index (κ2) is 13.3. The molecule has 0 aromatic heterocycles. The van der Waals surface area contributed by atoms with Gasteiger partial charge in [-0.2, -0.15) is 13.2 Å². The summed E-state index contributed by atoms with van der Waals surface area (Å²) in [4.78, 5) is 0. The van der Waals surface area contributed by atoms with Gasteiger partial charge in [-0.1, -0.05) is 75.7 Å². The first kappa shape index (κ1) is 29.7. The molecule has 0 spiro atoms. The van der Waals surface area contributed by atoms with Crippen LogP contribution in [0.25, 0.3) is 0 Å². The van der Waals surface area contributed by atoms with Crippen molar-refractivity contribution in [2.45, 2.75) is 59.7 Å². The van der Waals surface area contributed by atoms with Gasteiger partial charge in [0.15, 0.2) is 0 Å². The van der Waals surface area contributed by atoms with Crippen molar-refractivity contribution in [2.24, 2.45) is 11.8 Å². The van der Waals surface area contributed by atoms with Gasteiger partial charge >= 0.3 is 6.18 Å². The fraction of sp³-hybridized carbons (Fsp3) is 0.406. The molecule has 2 nitrogen and oxygen atoms in total. The van der Waals surface area contributed by atoms with Crippen molar-refractivity contribution in [1.82, 2.24) is 5.32 Å². The van der Waals surface area contributed by atoms with E-state index in [-0.39, 0.29) is 17.4 Å². The van der Waals surface area contributed by atoms with Crippen LogP contribution in [-0.4, -0.2) is 13.2 Å². The first-order chi connectivity index (χ1) is 18.0. The third-order valence-electron chi connectivity index (χ3n) is 6.52. The lowest BCUT2D eigenvalue weighted by atomic mass is 9.70. The molecule has 1 unspecified atom stereocenters. The Balaban J connectivity index is 1.81. The van der Waals surface area contributed by atoms with Crippen LogP contribution in [0.3, 0.4) is 0 Å². The molecule has 0 fully saturated rings. The summed E-state index contributed by atoms with van der Waals surface area (Å²) in [7, 11) is 0. The zero-order chi connectivity index (χ0) is 27.9. The highest BCUT2D eigenvalue weighted by Crippen LogP contribution is 2.47. The lowest BCUT2D eigenvalue weighted by Gasteiger charge is -2.34. The smallest absolute Gasteiger partial charge is 0.416 e. The number of ether oxygens (including phenoxy) is 1. The van der Waals surface area contributed by atoms with E-state index in [4.69, 9.17) is 4.74 Å². The predicted octanol–water partition coefficient (Wildman–Crippen LogP) is 8.73. The molecule has 3 aromatic carbocycles. The van der Waals surface area contributed by atoms with Crippen molar-refractivity contribution >= 4 is 0 Å². The Bertz CT molecular complexity index is 1150. The predicted molar refractivity (Wildman–Crippen MR) is 146 cm³/mol. The Morgan fingerprint density at radius 3 is 2.24 bits per heavy atom. The Kier molecular flexibility index (Phi) is 10.4. The molecule has 0 aliphatic rings. The van der Waals surface area contributed by atoms with Gasteiger partial charge in [0.1, 0.15) is 18.2 Å². The molecule has 0 saturated heterocycles. The molecule has 1 N–H and O–H groups in total. The van der Waals surface area contributed by atoms with Crippen molar-refractivity contribution in [2.75, 3.05) is 13.2 Å². The largest absolute Gasteiger partial charge is 0.492 e. The monoisotopic (exact) mass is 528 g/mol. The van der Waals surface area contributed by atoms with E-state index in [0.29, 0.717) is 31.2 Å². The fourth-order valence-electron chi connectivity index (χ4n) is 4.88. The normalized spacial score (nSPS) is 12.9. The number of nitrogens with one attached hydrogen (secondary N) is 1. The van der Waals surface area contributed by atoms with Gasteiger partial charge in [-0.15, -0.1) is 0 Å². The quantitative estimate of drug-likeness (QED) is 0.187. The van der Waals surface area contributed by atoms with Crippen molar-refractivity contribution in [3.05, 3.63) is 106 Å². The van der Waals surface area contributed by atoms with Crippen molar-refractivity contribution < 1.29 is 22.3 Å². The number of alkyl halides is 3. The Labute approximate surface area is 224 Å². The maximum Gasteiger partial charge on any atom is 0.416 e. The summed E-state index contributed by atoms with van der Waals surface area (Å²) >= 11 is 0. The van der Waals surface area contributed by atoms with E-state index >= 15 is 4.39 Å². The molecule has 3 rings (SSSR count). The molecule has 3 aromatic rings. The van der Waals surface area contributed by atoms with E-state index in [0.717, 1.165) is 30.3 Å². The SMILES string of the molecule is Cc1ccc(CNCCOc2cccc(C([C](CC(C)C)c3c(F)cccc3C(F)(F)F)C(C)C)c2)cc1. The molecule has 0 aliphatic heterocycles. The van der Waals surface area contributed by atoms with E-state index < -0.39 is 23.5 Å². The van der Waals surface area contributed by atoms with Crippen LogP contribution in [0.1, 0.15) is 67.9 Å². The van der Waals surface area contributed by atoms with Gasteiger partial charge in [0.25, 0.3) is 0 Å². The van der Waals surface area contributed by atoms with E-state index in [1.807, 2.05) is 52.0 Å². The van der Waals surface area contributed by atoms with E-state index in [2.05, 4.69) is 36.5 Å². The highest BCUT2D eigenvalue weighted by atomic mass is 19.4. The fourth-order valence-corrected chi connectivity index (χ4v) is 4.88. The van der Waals surface area contributed by atoms with Gasteiger partial charge in [-0.05, 0) is 66.5 Å². The first-order valence-corrected chi connectivity index (χ1v) is 13.2. The van der Waals surface area contributed by atoms with Gasteiger partial charge in [0.2, 0.25) is 0 Å². The average Bonchev–Trinajstić information content (AvgIpc) is 2.84. The van der Waals surface area contributed by atoms with Gasteiger partial charge in [-0.3, -0.25) is 0 Å². The molecule has 0 bridgehead atoms. The van der Waals surface area contributed by atoms with Crippen LogP contribution >= 0.6 is 0 Å². The molecular formula is C32H38F4NO. The molecule has 6 heteroatoms. The minimum atomic E-state index is -4.66. The molecule has 0 heterocycles. The second-order valence-electron chi connectivity index (χ2n) is 10.6. The lowest BCUT2D eigenvalue weighted by Crippen LogP contribution is -2.24. The topological polar surface area (TPSA) is 21.3 Å². The third kappa shape index (κ3) is 8.07. The van der Waals surface area contributed by atoms with Crippen LogP contribution < -0.4 is 10.1 Å². The summed E-state index contributed by atoms with van der Waals surface area (Å²) in [6, 6.07) is 19.0. The van der Waals surface area contributed by atoms with E-state index in [1.165, 1.54) is 11.1 Å². The van der Waals surface area contributed by atoms with Crippen LogP contribution in [0.2, 0.25) is 0 Å². The number of hydrogen-bond donors (Lipinski definition) is 1. The number of benzene rings is 3. The summed E-state index contributed by atoms with van der Waals surface area (Å²) < 4.78 is 63.0. The molecular weight excluding hydrogens is 490 g/mol. The number of aryl methyl sites for hydroxylation is 1. The Morgan fingerprint density at radius 1 is 0.921 bits per heavy atom. The summed E-state index contributed by atoms with van der Waals surface area (Å²) in [6.07, 6.45) is -4.31. The van der Waals surface area contributed by atoms with Crippen molar-refractivity contribution in [3.63, 3.8) is 0 Å². The Morgan fingerprint density at radius 2 is 1.61 bits per heavy atom. The zero-order valence-electron chi connectivity index (χ0n) is 22.8. The van der Waals surface area contributed by atoms with Gasteiger partial charge in [-0.25, -0.2) is 4.39 Å². The zero-order valence-corrected chi connectivity index (χ0v) is 22.8. The number of hydrogen-bond acceptors (Lipinski definition) is 2. The van der Waals surface area contributed by atoms with E-state index in [1.54, 1.807) is 0 Å². The number of rotatable bonds is 12. The van der Waals surface area contributed by atoms with Crippen LogP contribution in [0.5, 0.6) is 5.75 Å². The van der Waals surface area contributed by atoms with Crippen LogP contribution in [0, 0.1) is 30.5 Å². The molecule has 205 valence electrons. The maximum absolute atomic E-state index is 15.1. The summed E-state index contributed by atoms with van der Waals surface area (Å²) in [5.74, 6) is -0.148. The highest BCUT2D eigenvalue weighted by molar-refractivity contribution is 5.47. The first-order valence-electron chi connectivity index (χ1n) is 13.2. The molecule has 0 amide bonds. The van der Waals surface area contributed by atoms with E-state index in [9.17, 15) is 13.2 Å². The van der Waals surface area contributed by atoms with Gasteiger partial charge in [0, 0.05) is 24.6 Å². The van der Waals surface area contributed by atoms with Gasteiger partial charge < -0.3 is 10.1 Å². The van der Waals surface area contributed by atoms with Crippen LogP contribution in [0.15, 0.2) is 66.7 Å². The van der Waals surface area contributed by atoms with Gasteiger partial charge in [0.05, 0.1) is 5.56 Å². The Hall–Kier alpha value is -2.86. The molecule has 0 saturated carbocycles. The standard InChI is InChI=1S/C32H38F4NO/c1-21(2)18-27(31-28(32(34,35)36)10-7-11-29(31)33)30(22(3)4)25-8-6-9-26(19-25)38-17-16-37-20-24-14-12-23(5)13-15-24/h6-15,19,21-22,30,37H,16-18,20H2,1-5H3. The van der Waals surface area contributed by atoms with Crippen LogP contribution in [0.4, 0.5) is 17.6 Å². The third-order valence-corrected chi connectivity index (χ3v) is 6.52. The molecule has 38 heavy (non-hydrogen) atoms. The molecule has 1 atom stereocenters. The maximum atomic E-state index is 15.1. The summed E-state index contributed by atoms with van der Waals surface area (Å²) in [5.41, 5.74) is 1.98. The van der Waals surface area contributed by atoms with Crippen molar-refractivity contribution in [3.8, 4) is 5.75 Å². The summed E-state index contributed by atoms with van der Waals surface area (Å²) in [6.45, 7) is 11.7. The highest BCUT2D eigenvalue weighted by Gasteiger charge is 2.40. The van der Waals surface area contributed by atoms with Crippen molar-refractivity contribution in [1.29, 1.82) is 0 Å². The molecule has 0 aliphatic carbocycles. The average molecular weight is 529 g/mol. The summed E-state index contributed by atoms with van der Waals surface area (Å²) in [5, 5.41) is 3.36. The molecule has 1 radical (unpaired) electrons. The van der Waals surface area contributed by atoms with Crippen LogP contribution in [-0.2, 0) is 12.7 Å². The second-order valence-corrected chi connectivity index (χ2v) is 10.6. The minimum Gasteiger partial charge on any atom is -0.492 e.